The zero-order valence-corrected chi connectivity index (χ0v) is 13.7. The lowest BCUT2D eigenvalue weighted by molar-refractivity contribution is 0.220. The minimum Gasteiger partial charge on any atom is -0.384 e. The largest absolute Gasteiger partial charge is 0.384 e. The van der Waals surface area contributed by atoms with Gasteiger partial charge in [-0.3, -0.25) is 0 Å². The number of hydrogen-bond donors (Lipinski definition) is 1. The molecule has 0 bridgehead atoms. The van der Waals surface area contributed by atoms with E-state index in [1.807, 2.05) is 37.3 Å². The molecule has 0 fully saturated rings. The summed E-state index contributed by atoms with van der Waals surface area (Å²) < 4.78 is 0.977. The van der Waals surface area contributed by atoms with Crippen LogP contribution < -0.4 is 0 Å². The maximum Gasteiger partial charge on any atom is 0.106 e. The Bertz CT molecular complexity index is 808. The van der Waals surface area contributed by atoms with Gasteiger partial charge in [-0.05, 0) is 46.9 Å². The van der Waals surface area contributed by atoms with Crippen LogP contribution in [0.3, 0.4) is 0 Å². The van der Waals surface area contributed by atoms with Gasteiger partial charge >= 0.3 is 0 Å². The number of rotatable bonds is 2. The zero-order valence-electron chi connectivity index (χ0n) is 12.1. The quantitative estimate of drug-likeness (QED) is 0.670. The van der Waals surface area contributed by atoms with Gasteiger partial charge in [0.25, 0.3) is 0 Å². The Balaban J connectivity index is 2.24. The first kappa shape index (κ1) is 14.3. The van der Waals surface area contributed by atoms with Crippen molar-refractivity contribution in [2.45, 2.75) is 20.0 Å². The van der Waals surface area contributed by atoms with Crippen molar-refractivity contribution in [1.82, 2.24) is 0 Å². The van der Waals surface area contributed by atoms with Crippen molar-refractivity contribution < 1.29 is 5.11 Å². The van der Waals surface area contributed by atoms with Crippen LogP contribution in [0.2, 0.25) is 0 Å². The monoisotopic (exact) mass is 340 g/mol. The molecule has 0 aliphatic carbocycles. The van der Waals surface area contributed by atoms with Crippen LogP contribution in [0.5, 0.6) is 0 Å². The van der Waals surface area contributed by atoms with Gasteiger partial charge in [0.1, 0.15) is 6.10 Å². The molecule has 0 aromatic heterocycles. The maximum atomic E-state index is 10.9. The number of fused-ring (bicyclic) bond motifs is 1. The van der Waals surface area contributed by atoms with E-state index in [0.717, 1.165) is 37.5 Å². The van der Waals surface area contributed by atoms with Crippen molar-refractivity contribution >= 4 is 26.7 Å². The minimum absolute atomic E-state index is 0.634. The molecule has 1 unspecified atom stereocenters. The van der Waals surface area contributed by atoms with E-state index in [1.165, 1.54) is 0 Å². The molecule has 2 heteroatoms. The Hall–Kier alpha value is -1.64. The van der Waals surface area contributed by atoms with Crippen LogP contribution >= 0.6 is 15.9 Å². The summed E-state index contributed by atoms with van der Waals surface area (Å²) in [5.74, 6) is 0. The first-order valence-electron chi connectivity index (χ1n) is 7.01. The van der Waals surface area contributed by atoms with Gasteiger partial charge in [0, 0.05) is 4.47 Å². The standard InChI is InChI=1S/C19H17BrO/c1-12-10-11-14-7-3-4-8-15(14)17(12)19(21)16-9-5-6-13(2)18(16)20/h3-11,19,21H,1-2H3. The number of benzene rings is 3. The molecule has 21 heavy (non-hydrogen) atoms. The lowest BCUT2D eigenvalue weighted by atomic mass is 9.91. The molecule has 0 radical (unpaired) electrons. The van der Waals surface area contributed by atoms with Crippen molar-refractivity contribution in [2.24, 2.45) is 0 Å². The SMILES string of the molecule is Cc1cccc(C(O)c2c(C)ccc3ccccc23)c1Br. The Morgan fingerprint density at radius 2 is 1.62 bits per heavy atom. The van der Waals surface area contributed by atoms with Crippen molar-refractivity contribution in [3.63, 3.8) is 0 Å². The van der Waals surface area contributed by atoms with Crippen LogP contribution in [0, 0.1) is 13.8 Å². The zero-order chi connectivity index (χ0) is 15.0. The van der Waals surface area contributed by atoms with Gasteiger partial charge in [-0.1, -0.05) is 70.5 Å². The maximum absolute atomic E-state index is 10.9. The summed E-state index contributed by atoms with van der Waals surface area (Å²) in [5.41, 5.74) is 4.13. The fourth-order valence-corrected chi connectivity index (χ4v) is 3.29. The molecule has 0 aliphatic heterocycles. The lowest BCUT2D eigenvalue weighted by Crippen LogP contribution is -2.04. The summed E-state index contributed by atoms with van der Waals surface area (Å²) >= 11 is 3.61. The number of aryl methyl sites for hydroxylation is 2. The fourth-order valence-electron chi connectivity index (χ4n) is 2.80. The van der Waals surface area contributed by atoms with E-state index in [9.17, 15) is 5.11 Å². The van der Waals surface area contributed by atoms with E-state index in [-0.39, 0.29) is 0 Å². The molecule has 0 heterocycles. The van der Waals surface area contributed by atoms with Gasteiger partial charge in [-0.2, -0.15) is 0 Å². The Morgan fingerprint density at radius 3 is 2.43 bits per heavy atom. The highest BCUT2D eigenvalue weighted by molar-refractivity contribution is 9.10. The third-order valence-electron chi connectivity index (χ3n) is 3.98. The molecule has 3 aromatic carbocycles. The van der Waals surface area contributed by atoms with E-state index < -0.39 is 6.10 Å². The molecule has 0 saturated carbocycles. The van der Waals surface area contributed by atoms with Crippen LogP contribution in [0.4, 0.5) is 0 Å². The predicted molar refractivity (Wildman–Crippen MR) is 91.6 cm³/mol. The van der Waals surface area contributed by atoms with Gasteiger partial charge in [0.15, 0.2) is 0 Å². The number of aliphatic hydroxyl groups excluding tert-OH is 1. The summed E-state index contributed by atoms with van der Waals surface area (Å²) in [6.07, 6.45) is -0.634. The second kappa shape index (κ2) is 5.63. The second-order valence-electron chi connectivity index (χ2n) is 5.40. The van der Waals surface area contributed by atoms with Gasteiger partial charge in [-0.25, -0.2) is 0 Å². The van der Waals surface area contributed by atoms with Crippen LogP contribution in [0.1, 0.15) is 28.4 Å². The van der Waals surface area contributed by atoms with Gasteiger partial charge in [0.05, 0.1) is 0 Å². The Labute approximate surface area is 133 Å². The van der Waals surface area contributed by atoms with Crippen LogP contribution in [0.25, 0.3) is 10.8 Å². The second-order valence-corrected chi connectivity index (χ2v) is 6.19. The molecule has 0 aliphatic rings. The molecule has 0 spiro atoms. The molecule has 106 valence electrons. The topological polar surface area (TPSA) is 20.2 Å². The van der Waals surface area contributed by atoms with E-state index in [2.05, 4.69) is 47.1 Å². The first-order valence-corrected chi connectivity index (χ1v) is 7.80. The Morgan fingerprint density at radius 1 is 0.857 bits per heavy atom. The lowest BCUT2D eigenvalue weighted by Gasteiger charge is -2.19. The third kappa shape index (κ3) is 2.50. The summed E-state index contributed by atoms with van der Waals surface area (Å²) in [6, 6.07) is 18.4. The van der Waals surface area contributed by atoms with Crippen molar-refractivity contribution in [3.8, 4) is 0 Å². The molecule has 0 saturated heterocycles. The smallest absolute Gasteiger partial charge is 0.106 e. The number of hydrogen-bond acceptors (Lipinski definition) is 1. The highest BCUT2D eigenvalue weighted by Crippen LogP contribution is 2.35. The van der Waals surface area contributed by atoms with E-state index in [0.29, 0.717) is 0 Å². The normalized spacial score (nSPS) is 12.6. The summed E-state index contributed by atoms with van der Waals surface area (Å²) in [5, 5.41) is 13.2. The molecule has 1 N–H and O–H groups in total. The molecule has 0 amide bonds. The van der Waals surface area contributed by atoms with Gasteiger partial charge in [-0.15, -0.1) is 0 Å². The molecule has 1 atom stereocenters. The highest BCUT2D eigenvalue weighted by atomic mass is 79.9. The third-order valence-corrected chi connectivity index (χ3v) is 5.06. The predicted octanol–water partition coefficient (Wildman–Crippen LogP) is 5.30. The van der Waals surface area contributed by atoms with E-state index >= 15 is 0 Å². The number of aliphatic hydroxyl groups is 1. The highest BCUT2D eigenvalue weighted by Gasteiger charge is 2.18. The molecular weight excluding hydrogens is 324 g/mol. The molecule has 3 rings (SSSR count). The van der Waals surface area contributed by atoms with Crippen molar-refractivity contribution in [2.75, 3.05) is 0 Å². The summed E-state index contributed by atoms with van der Waals surface area (Å²) in [7, 11) is 0. The van der Waals surface area contributed by atoms with Gasteiger partial charge < -0.3 is 5.11 Å². The van der Waals surface area contributed by atoms with Crippen LogP contribution in [-0.4, -0.2) is 5.11 Å². The fraction of sp³-hybridized carbons (Fsp3) is 0.158. The first-order chi connectivity index (χ1) is 10.1. The van der Waals surface area contributed by atoms with Crippen LogP contribution in [-0.2, 0) is 0 Å². The number of halogens is 1. The van der Waals surface area contributed by atoms with Crippen molar-refractivity contribution in [1.29, 1.82) is 0 Å². The summed E-state index contributed by atoms with van der Waals surface area (Å²) in [6.45, 7) is 4.09. The Kier molecular flexibility index (Phi) is 3.83. The molecular formula is C19H17BrO. The van der Waals surface area contributed by atoms with Crippen molar-refractivity contribution in [3.05, 3.63) is 81.3 Å². The van der Waals surface area contributed by atoms with Gasteiger partial charge in [0.2, 0.25) is 0 Å². The average Bonchev–Trinajstić information content (AvgIpc) is 2.49. The average molecular weight is 341 g/mol. The van der Waals surface area contributed by atoms with E-state index in [1.54, 1.807) is 0 Å². The van der Waals surface area contributed by atoms with E-state index in [4.69, 9.17) is 0 Å². The molecule has 1 nitrogen and oxygen atoms in total. The molecule has 3 aromatic rings. The minimum atomic E-state index is -0.634. The van der Waals surface area contributed by atoms with Crippen LogP contribution in [0.15, 0.2) is 59.1 Å². The summed E-state index contributed by atoms with van der Waals surface area (Å²) in [4.78, 5) is 0.